The Balaban J connectivity index is 3.86. The van der Waals surface area contributed by atoms with E-state index in [-0.39, 0.29) is 19.4 Å². The number of quaternary nitrogens is 1. The summed E-state index contributed by atoms with van der Waals surface area (Å²) in [5.41, 5.74) is 0. The zero-order valence-electron chi connectivity index (χ0n) is 21.9. The van der Waals surface area contributed by atoms with E-state index in [0.29, 0.717) is 6.42 Å². The second-order valence-electron chi connectivity index (χ2n) is 8.71. The number of hydrogen-bond acceptors (Lipinski definition) is 4. The molecule has 0 saturated heterocycles. The summed E-state index contributed by atoms with van der Waals surface area (Å²) in [6.07, 6.45) is 11.6. The zero-order valence-corrected chi connectivity index (χ0v) is 18.9. The molecule has 0 aromatic heterocycles. The van der Waals surface area contributed by atoms with Crippen molar-refractivity contribution in [3.63, 3.8) is 0 Å². The van der Waals surface area contributed by atoms with E-state index in [0.717, 1.165) is 51.4 Å². The minimum Gasteiger partial charge on any atom is -0.481 e. The molecule has 0 aliphatic carbocycles. The Labute approximate surface area is 186 Å². The van der Waals surface area contributed by atoms with Crippen molar-refractivity contribution in [2.45, 2.75) is 102 Å². The second-order valence-corrected chi connectivity index (χ2v) is 8.71. The zero-order chi connectivity index (χ0) is 25.3. The standard InChI is InChI=1S/C23H43NO6/c1-24(2,3)19-20(18-22(27)28)30-23(29)17-15-13-11-9-7-5-4-6-8-10-12-14-16-21(25)26/h20H,4-19H2,1-3H3,(H-,25,26,27,28)/p+1/t20-/m1/s1/i1D3. The second kappa shape index (κ2) is 17.1. The van der Waals surface area contributed by atoms with Gasteiger partial charge in [0.2, 0.25) is 0 Å². The smallest absolute Gasteiger partial charge is 0.307 e. The maximum Gasteiger partial charge on any atom is 0.307 e. The molecule has 7 heteroatoms. The number of aliphatic carboxylic acids is 2. The van der Waals surface area contributed by atoms with Gasteiger partial charge < -0.3 is 19.4 Å². The third kappa shape index (κ3) is 21.1. The molecule has 1 atom stereocenters. The summed E-state index contributed by atoms with van der Waals surface area (Å²) in [7, 11) is 2.94. The van der Waals surface area contributed by atoms with Crippen LogP contribution in [0.4, 0.5) is 0 Å². The van der Waals surface area contributed by atoms with Gasteiger partial charge in [-0.25, -0.2) is 0 Å². The Hall–Kier alpha value is -1.63. The van der Waals surface area contributed by atoms with E-state index in [1.165, 1.54) is 33.4 Å². The summed E-state index contributed by atoms with van der Waals surface area (Å²) in [5.74, 6) is -2.32. The summed E-state index contributed by atoms with van der Waals surface area (Å²) in [4.78, 5) is 33.6. The average molecular weight is 434 g/mol. The Bertz CT molecular complexity index is 581. The van der Waals surface area contributed by atoms with Crippen LogP contribution in [0.25, 0.3) is 0 Å². The number of rotatable bonds is 20. The van der Waals surface area contributed by atoms with Crippen molar-refractivity contribution in [3.8, 4) is 0 Å². The highest BCUT2D eigenvalue weighted by molar-refractivity contribution is 5.71. The number of carboxylic acid groups (broad SMARTS) is 2. The molecule has 0 spiro atoms. The molecule has 7 nitrogen and oxygen atoms in total. The number of carbonyl (C=O) groups is 3. The van der Waals surface area contributed by atoms with Crippen LogP contribution in [0.2, 0.25) is 0 Å². The first kappa shape index (κ1) is 23.0. The van der Waals surface area contributed by atoms with Gasteiger partial charge >= 0.3 is 17.9 Å². The monoisotopic (exact) mass is 433 g/mol. The Morgan fingerprint density at radius 1 is 0.767 bits per heavy atom. The number of carbonyl (C=O) groups excluding carboxylic acids is 1. The van der Waals surface area contributed by atoms with Gasteiger partial charge in [0.1, 0.15) is 6.54 Å². The van der Waals surface area contributed by atoms with Crippen molar-refractivity contribution in [1.82, 2.24) is 0 Å². The normalized spacial score (nSPS) is 14.4. The molecule has 0 aromatic carbocycles. The first-order chi connectivity index (χ1) is 15.3. The fraction of sp³-hybridized carbons (Fsp3) is 0.870. The van der Waals surface area contributed by atoms with Crippen LogP contribution >= 0.6 is 0 Å². The van der Waals surface area contributed by atoms with Gasteiger partial charge in [-0.1, -0.05) is 64.2 Å². The van der Waals surface area contributed by atoms with Crippen LogP contribution in [0.3, 0.4) is 0 Å². The average Bonchev–Trinajstić information content (AvgIpc) is 2.66. The summed E-state index contributed by atoms with van der Waals surface area (Å²) in [6, 6.07) is 0. The summed E-state index contributed by atoms with van der Waals surface area (Å²) >= 11 is 0. The SMILES string of the molecule is [2H]C([2H])([2H])[N+](C)(C)C[C@@H](CC(=O)O)OC(=O)CCCCCCCCCCCCCCC(=O)O. The molecule has 0 aliphatic heterocycles. The van der Waals surface area contributed by atoms with Crippen molar-refractivity contribution in [3.05, 3.63) is 0 Å². The molecule has 0 aromatic rings. The highest BCUT2D eigenvalue weighted by Crippen LogP contribution is 2.14. The summed E-state index contributed by atoms with van der Waals surface area (Å²) in [5, 5.41) is 17.6. The van der Waals surface area contributed by atoms with Gasteiger partial charge in [0.25, 0.3) is 0 Å². The number of hydrogen-bond donors (Lipinski definition) is 2. The number of nitrogens with zero attached hydrogens (tertiary/aromatic N) is 1. The summed E-state index contributed by atoms with van der Waals surface area (Å²) in [6.45, 7) is -2.41. The minimum atomic E-state index is -2.33. The summed E-state index contributed by atoms with van der Waals surface area (Å²) < 4.78 is 27.6. The van der Waals surface area contributed by atoms with Crippen LogP contribution in [0.5, 0.6) is 0 Å². The lowest BCUT2D eigenvalue weighted by Gasteiger charge is -2.28. The van der Waals surface area contributed by atoms with Gasteiger partial charge in [0.15, 0.2) is 6.10 Å². The predicted octanol–water partition coefficient (Wildman–Crippen LogP) is 4.63. The lowest BCUT2D eigenvalue weighted by molar-refractivity contribution is -0.873. The molecule has 30 heavy (non-hydrogen) atoms. The van der Waals surface area contributed by atoms with Crippen LogP contribution in [-0.2, 0) is 19.1 Å². The third-order valence-electron chi connectivity index (χ3n) is 4.88. The van der Waals surface area contributed by atoms with E-state index in [1.54, 1.807) is 0 Å². The van der Waals surface area contributed by atoms with Gasteiger partial charge in [-0.3, -0.25) is 14.4 Å². The van der Waals surface area contributed by atoms with Crippen molar-refractivity contribution >= 4 is 17.9 Å². The van der Waals surface area contributed by atoms with Gasteiger partial charge in [0, 0.05) is 12.8 Å². The van der Waals surface area contributed by atoms with E-state index in [9.17, 15) is 14.4 Å². The topological polar surface area (TPSA) is 101 Å². The maximum absolute atomic E-state index is 12.1. The van der Waals surface area contributed by atoms with Crippen LogP contribution in [0, 0.1) is 0 Å². The fourth-order valence-corrected chi connectivity index (χ4v) is 3.41. The maximum atomic E-state index is 12.1. The minimum absolute atomic E-state index is 0.0864. The van der Waals surface area contributed by atoms with Crippen molar-refractivity contribution in [2.75, 3.05) is 27.6 Å². The molecule has 0 saturated carbocycles. The number of likely N-dealkylation sites (N-methyl/N-ethyl adjacent to an activating group) is 1. The molecular weight excluding hydrogens is 386 g/mol. The molecule has 0 unspecified atom stereocenters. The lowest BCUT2D eigenvalue weighted by Crippen LogP contribution is -2.43. The molecule has 0 radical (unpaired) electrons. The quantitative estimate of drug-likeness (QED) is 0.165. The molecular formula is C23H44NO6+. The fourth-order valence-electron chi connectivity index (χ4n) is 3.41. The Morgan fingerprint density at radius 3 is 1.60 bits per heavy atom. The molecule has 2 N–H and O–H groups in total. The predicted molar refractivity (Wildman–Crippen MR) is 117 cm³/mol. The Morgan fingerprint density at radius 2 is 1.20 bits per heavy atom. The molecule has 0 aliphatic rings. The molecule has 0 heterocycles. The van der Waals surface area contributed by atoms with Crippen molar-refractivity contribution in [2.24, 2.45) is 0 Å². The molecule has 0 bridgehead atoms. The van der Waals surface area contributed by atoms with Crippen molar-refractivity contribution < 1.29 is 37.9 Å². The van der Waals surface area contributed by atoms with Crippen LogP contribution in [0.1, 0.15) is 100 Å². The lowest BCUT2D eigenvalue weighted by atomic mass is 10.0. The number of esters is 1. The number of unbranched alkanes of at least 4 members (excludes halogenated alkanes) is 11. The molecule has 176 valence electrons. The largest absolute Gasteiger partial charge is 0.481 e. The van der Waals surface area contributed by atoms with Gasteiger partial charge in [-0.05, 0) is 12.8 Å². The van der Waals surface area contributed by atoms with Gasteiger partial charge in [-0.2, -0.15) is 0 Å². The highest BCUT2D eigenvalue weighted by Gasteiger charge is 2.24. The van der Waals surface area contributed by atoms with E-state index in [4.69, 9.17) is 19.1 Å². The molecule has 0 amide bonds. The highest BCUT2D eigenvalue weighted by atomic mass is 16.5. The number of carboxylic acids is 2. The van der Waals surface area contributed by atoms with Crippen LogP contribution < -0.4 is 0 Å². The van der Waals surface area contributed by atoms with E-state index in [2.05, 4.69) is 0 Å². The first-order valence-corrected chi connectivity index (χ1v) is 11.3. The van der Waals surface area contributed by atoms with Gasteiger partial charge in [0.05, 0.1) is 31.6 Å². The van der Waals surface area contributed by atoms with E-state index in [1.807, 2.05) is 0 Å². The third-order valence-corrected chi connectivity index (χ3v) is 4.88. The van der Waals surface area contributed by atoms with E-state index >= 15 is 0 Å². The van der Waals surface area contributed by atoms with Crippen LogP contribution in [-0.4, -0.2) is 66.3 Å². The Kier molecular flexibility index (Phi) is 13.1. The molecule has 0 rings (SSSR count). The van der Waals surface area contributed by atoms with Gasteiger partial charge in [-0.15, -0.1) is 0 Å². The van der Waals surface area contributed by atoms with Crippen LogP contribution in [0.15, 0.2) is 0 Å². The van der Waals surface area contributed by atoms with E-state index < -0.39 is 41.9 Å². The van der Waals surface area contributed by atoms with Crippen molar-refractivity contribution in [1.29, 1.82) is 0 Å². The first-order valence-electron chi connectivity index (χ1n) is 12.8. The molecule has 0 fully saturated rings. The number of ether oxygens (including phenoxy) is 1.